The molecule has 0 amide bonds. The van der Waals surface area contributed by atoms with E-state index in [0.29, 0.717) is 11.4 Å². The van der Waals surface area contributed by atoms with Crippen LogP contribution in [0.15, 0.2) is 41.8 Å². The fraction of sp³-hybridized carbons (Fsp3) is 0.471. The number of aromatic nitrogens is 2. The number of unbranched alkanes of at least 4 members (excludes halogenated alkanes) is 3. The third-order valence-corrected chi connectivity index (χ3v) is 5.44. The minimum Gasteiger partial charge on any atom is -0.337 e. The molecule has 0 aliphatic heterocycles. The molecule has 1 heterocycles. The molecule has 0 spiro atoms. The molecule has 0 aliphatic carbocycles. The predicted molar refractivity (Wildman–Crippen MR) is 91.8 cm³/mol. The third kappa shape index (κ3) is 5.48. The minimum atomic E-state index is -3.39. The van der Waals surface area contributed by atoms with Crippen LogP contribution < -0.4 is 4.72 Å². The number of hydrogen-bond acceptors (Lipinski definition) is 3. The molecule has 2 rings (SSSR count). The molecule has 23 heavy (non-hydrogen) atoms. The zero-order valence-electron chi connectivity index (χ0n) is 13.8. The van der Waals surface area contributed by atoms with E-state index in [-0.39, 0.29) is 0 Å². The fourth-order valence-electron chi connectivity index (χ4n) is 2.36. The maximum absolute atomic E-state index is 12.2. The van der Waals surface area contributed by atoms with Crippen LogP contribution >= 0.6 is 0 Å². The van der Waals surface area contributed by atoms with Gasteiger partial charge in [-0.05, 0) is 49.9 Å². The van der Waals surface area contributed by atoms with Crippen molar-refractivity contribution in [1.29, 1.82) is 0 Å². The van der Waals surface area contributed by atoms with Crippen LogP contribution in [0.4, 0.5) is 0 Å². The average molecular weight is 335 g/mol. The molecule has 2 aromatic rings. The second-order valence-corrected chi connectivity index (χ2v) is 7.63. The Kier molecular flexibility index (Phi) is 6.36. The van der Waals surface area contributed by atoms with Gasteiger partial charge in [-0.2, -0.15) is 0 Å². The van der Waals surface area contributed by atoms with Crippen molar-refractivity contribution in [2.24, 2.45) is 0 Å². The Morgan fingerprint density at radius 3 is 2.57 bits per heavy atom. The normalized spacial score (nSPS) is 11.7. The first-order valence-corrected chi connectivity index (χ1v) is 9.50. The van der Waals surface area contributed by atoms with Gasteiger partial charge in [0.25, 0.3) is 0 Å². The lowest BCUT2D eigenvalue weighted by molar-refractivity contribution is 0.556. The highest BCUT2D eigenvalue weighted by Gasteiger charge is 2.13. The Labute approximate surface area is 138 Å². The Morgan fingerprint density at radius 2 is 1.87 bits per heavy atom. The van der Waals surface area contributed by atoms with Crippen LogP contribution in [0.3, 0.4) is 0 Å². The number of hydrogen-bond donors (Lipinski definition) is 1. The van der Waals surface area contributed by atoms with Gasteiger partial charge in [0.15, 0.2) is 0 Å². The first-order valence-electron chi connectivity index (χ1n) is 8.02. The van der Waals surface area contributed by atoms with Crippen molar-refractivity contribution in [3.05, 3.63) is 48.0 Å². The molecular weight excluding hydrogens is 310 g/mol. The van der Waals surface area contributed by atoms with Crippen LogP contribution in [-0.4, -0.2) is 24.5 Å². The highest BCUT2D eigenvalue weighted by Crippen LogP contribution is 2.14. The molecule has 0 fully saturated rings. The van der Waals surface area contributed by atoms with E-state index in [1.54, 1.807) is 18.3 Å². The summed E-state index contributed by atoms with van der Waals surface area (Å²) < 4.78 is 29.2. The predicted octanol–water partition coefficient (Wildman–Crippen LogP) is 3.04. The Hall–Kier alpha value is -1.66. The van der Waals surface area contributed by atoms with Crippen molar-refractivity contribution in [3.63, 3.8) is 0 Å². The molecule has 126 valence electrons. The van der Waals surface area contributed by atoms with Crippen LogP contribution in [-0.2, 0) is 16.6 Å². The van der Waals surface area contributed by atoms with Crippen LogP contribution in [0.2, 0.25) is 0 Å². The van der Waals surface area contributed by atoms with Crippen molar-refractivity contribution < 1.29 is 8.42 Å². The highest BCUT2D eigenvalue weighted by molar-refractivity contribution is 7.89. The van der Waals surface area contributed by atoms with E-state index in [2.05, 4.69) is 14.3 Å². The zero-order valence-corrected chi connectivity index (χ0v) is 14.6. The summed E-state index contributed by atoms with van der Waals surface area (Å²) in [5.41, 5.74) is 2.09. The second kappa shape index (κ2) is 8.26. The number of nitrogens with zero attached hydrogens (tertiary/aromatic N) is 2. The van der Waals surface area contributed by atoms with Crippen molar-refractivity contribution in [3.8, 4) is 0 Å². The Balaban J connectivity index is 1.67. The SMILES string of the molecule is Cc1ccc(S(=O)(=O)NCCCCCCn2ccnc2)cc1C. The van der Waals surface area contributed by atoms with Crippen molar-refractivity contribution in [2.75, 3.05) is 6.54 Å². The molecule has 6 heteroatoms. The summed E-state index contributed by atoms with van der Waals surface area (Å²) in [6, 6.07) is 5.23. The summed E-state index contributed by atoms with van der Waals surface area (Å²) in [6.07, 6.45) is 9.60. The monoisotopic (exact) mass is 335 g/mol. The molecule has 0 unspecified atom stereocenters. The largest absolute Gasteiger partial charge is 0.337 e. The number of rotatable bonds is 9. The zero-order chi connectivity index (χ0) is 16.7. The van der Waals surface area contributed by atoms with Gasteiger partial charge in [0.1, 0.15) is 0 Å². The highest BCUT2D eigenvalue weighted by atomic mass is 32.2. The molecule has 0 aliphatic rings. The molecule has 0 radical (unpaired) electrons. The molecule has 0 saturated carbocycles. The van der Waals surface area contributed by atoms with Crippen LogP contribution in [0.1, 0.15) is 36.8 Å². The second-order valence-electron chi connectivity index (χ2n) is 5.86. The number of benzene rings is 1. The number of aryl methyl sites for hydroxylation is 3. The summed E-state index contributed by atoms with van der Waals surface area (Å²) >= 11 is 0. The van der Waals surface area contributed by atoms with E-state index in [1.165, 1.54) is 0 Å². The van der Waals surface area contributed by atoms with E-state index >= 15 is 0 Å². The van der Waals surface area contributed by atoms with Crippen molar-refractivity contribution >= 4 is 10.0 Å². The van der Waals surface area contributed by atoms with Gasteiger partial charge in [0.05, 0.1) is 11.2 Å². The summed E-state index contributed by atoms with van der Waals surface area (Å²) in [4.78, 5) is 4.35. The van der Waals surface area contributed by atoms with E-state index < -0.39 is 10.0 Å². The van der Waals surface area contributed by atoms with Crippen LogP contribution in [0.25, 0.3) is 0 Å². The fourth-order valence-corrected chi connectivity index (χ4v) is 3.52. The van der Waals surface area contributed by atoms with Gasteiger partial charge >= 0.3 is 0 Å². The van der Waals surface area contributed by atoms with Crippen LogP contribution in [0.5, 0.6) is 0 Å². The smallest absolute Gasteiger partial charge is 0.240 e. The maximum Gasteiger partial charge on any atom is 0.240 e. The molecule has 0 bridgehead atoms. The summed E-state index contributed by atoms with van der Waals surface area (Å²) in [7, 11) is -3.39. The lowest BCUT2D eigenvalue weighted by Crippen LogP contribution is -2.24. The van der Waals surface area contributed by atoms with Crippen LogP contribution in [0, 0.1) is 13.8 Å². The van der Waals surface area contributed by atoms with E-state index in [4.69, 9.17) is 0 Å². The Morgan fingerprint density at radius 1 is 1.09 bits per heavy atom. The average Bonchev–Trinajstić information content (AvgIpc) is 3.02. The number of sulfonamides is 1. The molecule has 1 aromatic carbocycles. The van der Waals surface area contributed by atoms with E-state index in [9.17, 15) is 8.42 Å². The molecule has 1 aromatic heterocycles. The lowest BCUT2D eigenvalue weighted by Gasteiger charge is -2.09. The lowest BCUT2D eigenvalue weighted by atomic mass is 10.1. The molecule has 5 nitrogen and oxygen atoms in total. The first-order chi connectivity index (χ1) is 11.0. The van der Waals surface area contributed by atoms with Crippen molar-refractivity contribution in [1.82, 2.24) is 14.3 Å². The quantitative estimate of drug-likeness (QED) is 0.716. The number of imidazole rings is 1. The van der Waals surface area contributed by atoms with Gasteiger partial charge in [0.2, 0.25) is 10.0 Å². The van der Waals surface area contributed by atoms with Gasteiger partial charge in [-0.25, -0.2) is 18.1 Å². The molecule has 0 atom stereocenters. The summed E-state index contributed by atoms with van der Waals surface area (Å²) in [5.74, 6) is 0. The summed E-state index contributed by atoms with van der Waals surface area (Å²) in [5, 5.41) is 0. The van der Waals surface area contributed by atoms with Crippen molar-refractivity contribution in [2.45, 2.75) is 51.0 Å². The standard InChI is InChI=1S/C17H25N3O2S/c1-15-7-8-17(13-16(15)2)23(21,22)19-9-5-3-4-6-11-20-12-10-18-14-20/h7-8,10,12-14,19H,3-6,9,11H2,1-2H3. The van der Waals surface area contributed by atoms with Gasteiger partial charge in [-0.15, -0.1) is 0 Å². The van der Waals surface area contributed by atoms with Gasteiger partial charge in [0, 0.05) is 25.5 Å². The third-order valence-electron chi connectivity index (χ3n) is 3.98. The molecular formula is C17H25N3O2S. The minimum absolute atomic E-state index is 0.348. The number of nitrogens with one attached hydrogen (secondary N) is 1. The molecule has 1 N–H and O–H groups in total. The van der Waals surface area contributed by atoms with E-state index in [0.717, 1.165) is 43.4 Å². The Bertz CT molecular complexity index is 709. The molecule has 0 saturated heterocycles. The van der Waals surface area contributed by atoms with Gasteiger partial charge < -0.3 is 4.57 Å². The van der Waals surface area contributed by atoms with Gasteiger partial charge in [-0.3, -0.25) is 0 Å². The first kappa shape index (κ1) is 17.7. The van der Waals surface area contributed by atoms with Gasteiger partial charge in [-0.1, -0.05) is 18.9 Å². The summed E-state index contributed by atoms with van der Waals surface area (Å²) in [6.45, 7) is 5.35. The maximum atomic E-state index is 12.2. The topological polar surface area (TPSA) is 64.0 Å². The van der Waals surface area contributed by atoms with E-state index in [1.807, 2.05) is 32.4 Å².